The van der Waals surface area contributed by atoms with Gasteiger partial charge in [0.2, 0.25) is 0 Å². The number of rotatable bonds is 5. The van der Waals surface area contributed by atoms with Crippen molar-refractivity contribution in [2.45, 2.75) is 6.42 Å². The highest BCUT2D eigenvalue weighted by Crippen LogP contribution is 2.27. The van der Waals surface area contributed by atoms with Gasteiger partial charge in [-0.3, -0.25) is 4.79 Å². The van der Waals surface area contributed by atoms with E-state index >= 15 is 0 Å². The van der Waals surface area contributed by atoms with E-state index in [2.05, 4.69) is 17.3 Å². The second kappa shape index (κ2) is 4.69. The lowest BCUT2D eigenvalue weighted by Gasteiger charge is -2.37. The molecule has 0 radical (unpaired) electrons. The van der Waals surface area contributed by atoms with Gasteiger partial charge in [-0.15, -0.1) is 0 Å². The van der Waals surface area contributed by atoms with Crippen molar-refractivity contribution in [3.8, 4) is 0 Å². The molecular weight excluding hydrogens is 208 g/mol. The maximum absolute atomic E-state index is 11.1. The van der Waals surface area contributed by atoms with E-state index in [-0.39, 0.29) is 0 Å². The molecular formula is C11H20N2O3. The summed E-state index contributed by atoms with van der Waals surface area (Å²) in [5.41, 5.74) is -0.662. The molecule has 2 fully saturated rings. The second-order valence-electron chi connectivity index (χ2n) is 5.13. The van der Waals surface area contributed by atoms with Gasteiger partial charge < -0.3 is 20.1 Å². The Hall–Kier alpha value is -0.650. The lowest BCUT2D eigenvalue weighted by Crippen LogP contribution is -2.55. The van der Waals surface area contributed by atoms with Crippen molar-refractivity contribution in [1.29, 1.82) is 0 Å². The van der Waals surface area contributed by atoms with Gasteiger partial charge in [0.05, 0.1) is 13.2 Å². The maximum atomic E-state index is 11.1. The fraction of sp³-hybridized carbons (Fsp3) is 0.909. The molecule has 2 heterocycles. The van der Waals surface area contributed by atoms with Crippen LogP contribution in [0.15, 0.2) is 0 Å². The minimum atomic E-state index is -0.741. The Kier molecular flexibility index (Phi) is 3.47. The zero-order chi connectivity index (χ0) is 11.6. The molecule has 16 heavy (non-hydrogen) atoms. The molecule has 0 aromatic heterocycles. The largest absolute Gasteiger partial charge is 0.481 e. The number of nitrogens with zero attached hydrogens (tertiary/aromatic N) is 1. The highest BCUT2D eigenvalue weighted by Gasteiger charge is 2.45. The predicted molar refractivity (Wildman–Crippen MR) is 59.4 cm³/mol. The molecule has 0 spiro atoms. The number of aliphatic carboxylic acids is 1. The van der Waals surface area contributed by atoms with Gasteiger partial charge in [-0.1, -0.05) is 0 Å². The van der Waals surface area contributed by atoms with Crippen LogP contribution in [0.2, 0.25) is 0 Å². The number of ether oxygens (including phenoxy) is 1. The second-order valence-corrected chi connectivity index (χ2v) is 5.13. The van der Waals surface area contributed by atoms with Gasteiger partial charge in [-0.2, -0.15) is 0 Å². The van der Waals surface area contributed by atoms with Crippen LogP contribution in [0.1, 0.15) is 6.42 Å². The van der Waals surface area contributed by atoms with Gasteiger partial charge in [0, 0.05) is 13.1 Å². The molecule has 5 nitrogen and oxygen atoms in total. The third kappa shape index (κ3) is 2.36. The van der Waals surface area contributed by atoms with E-state index in [0.717, 1.165) is 19.6 Å². The molecule has 2 aliphatic rings. The summed E-state index contributed by atoms with van der Waals surface area (Å²) < 4.78 is 5.01. The fourth-order valence-corrected chi connectivity index (χ4v) is 2.36. The third-order valence-corrected chi connectivity index (χ3v) is 3.60. The van der Waals surface area contributed by atoms with Gasteiger partial charge in [0.25, 0.3) is 0 Å². The lowest BCUT2D eigenvalue weighted by atomic mass is 9.86. The highest BCUT2D eigenvalue weighted by atomic mass is 16.5. The first-order valence-corrected chi connectivity index (χ1v) is 5.83. The van der Waals surface area contributed by atoms with Crippen molar-refractivity contribution in [3.63, 3.8) is 0 Å². The molecule has 2 aliphatic heterocycles. The molecule has 0 aromatic carbocycles. The molecule has 92 valence electrons. The van der Waals surface area contributed by atoms with Crippen molar-refractivity contribution >= 4 is 5.97 Å². The quantitative estimate of drug-likeness (QED) is 0.672. The minimum Gasteiger partial charge on any atom is -0.481 e. The van der Waals surface area contributed by atoms with E-state index in [4.69, 9.17) is 9.84 Å². The highest BCUT2D eigenvalue weighted by molar-refractivity contribution is 5.76. The van der Waals surface area contributed by atoms with Crippen LogP contribution in [0, 0.1) is 11.3 Å². The van der Waals surface area contributed by atoms with Crippen molar-refractivity contribution in [1.82, 2.24) is 10.2 Å². The molecule has 2 N–H and O–H groups in total. The van der Waals surface area contributed by atoms with Crippen LogP contribution in [0.5, 0.6) is 0 Å². The van der Waals surface area contributed by atoms with Crippen LogP contribution < -0.4 is 5.32 Å². The minimum absolute atomic E-state index is 0.347. The van der Waals surface area contributed by atoms with Gasteiger partial charge in [0.1, 0.15) is 5.41 Å². The summed E-state index contributed by atoms with van der Waals surface area (Å²) in [6.07, 6.45) is 1.21. The Morgan fingerprint density at radius 2 is 2.38 bits per heavy atom. The Morgan fingerprint density at radius 3 is 2.81 bits per heavy atom. The number of likely N-dealkylation sites (tertiary alicyclic amines) is 1. The number of carboxylic acids is 1. The van der Waals surface area contributed by atoms with Gasteiger partial charge >= 0.3 is 5.97 Å². The number of carboxylic acid groups (broad SMARTS) is 1. The number of hydrogen-bond acceptors (Lipinski definition) is 4. The Morgan fingerprint density at radius 1 is 1.62 bits per heavy atom. The third-order valence-electron chi connectivity index (χ3n) is 3.60. The molecule has 0 bridgehead atoms. The lowest BCUT2D eigenvalue weighted by molar-refractivity contribution is -0.178. The Labute approximate surface area is 95.8 Å². The molecule has 2 rings (SSSR count). The summed E-state index contributed by atoms with van der Waals surface area (Å²) in [5.74, 6) is -0.0772. The van der Waals surface area contributed by atoms with Gasteiger partial charge in [0.15, 0.2) is 0 Å². The van der Waals surface area contributed by atoms with Crippen LogP contribution in [-0.2, 0) is 9.53 Å². The van der Waals surface area contributed by atoms with E-state index in [1.807, 2.05) is 0 Å². The molecule has 1 unspecified atom stereocenters. The summed E-state index contributed by atoms with van der Waals surface area (Å²) in [5, 5.41) is 12.4. The van der Waals surface area contributed by atoms with E-state index in [1.54, 1.807) is 0 Å². The summed E-state index contributed by atoms with van der Waals surface area (Å²) in [4.78, 5) is 13.4. The van der Waals surface area contributed by atoms with E-state index in [1.165, 1.54) is 6.42 Å². The number of nitrogens with one attached hydrogen (secondary N) is 1. The summed E-state index contributed by atoms with van der Waals surface area (Å²) >= 11 is 0. The topological polar surface area (TPSA) is 61.8 Å². The fourth-order valence-electron chi connectivity index (χ4n) is 2.36. The Bertz CT molecular complexity index is 266. The van der Waals surface area contributed by atoms with Crippen LogP contribution in [0.25, 0.3) is 0 Å². The standard InChI is InChI=1S/C11H20N2O3/c1-13-3-2-9(5-13)4-12-6-11(10(14)15)7-16-8-11/h9,12H,2-8H2,1H3,(H,14,15). The zero-order valence-corrected chi connectivity index (χ0v) is 9.74. The molecule has 0 saturated carbocycles. The number of carbonyl (C=O) groups is 1. The van der Waals surface area contributed by atoms with Gasteiger partial charge in [-0.25, -0.2) is 0 Å². The summed E-state index contributed by atoms with van der Waals surface area (Å²) in [6.45, 7) is 4.41. The molecule has 0 aromatic rings. The summed E-state index contributed by atoms with van der Waals surface area (Å²) in [6, 6.07) is 0. The molecule has 2 saturated heterocycles. The molecule has 5 heteroatoms. The SMILES string of the molecule is CN1CCC(CNCC2(C(=O)O)COC2)C1. The summed E-state index contributed by atoms with van der Waals surface area (Å²) in [7, 11) is 2.12. The molecule has 0 aliphatic carbocycles. The smallest absolute Gasteiger partial charge is 0.315 e. The normalized spacial score (nSPS) is 28.9. The van der Waals surface area contributed by atoms with Crippen LogP contribution in [0.4, 0.5) is 0 Å². The first kappa shape index (κ1) is 11.8. The first-order chi connectivity index (χ1) is 7.62. The van der Waals surface area contributed by atoms with Crippen molar-refractivity contribution < 1.29 is 14.6 Å². The average molecular weight is 228 g/mol. The predicted octanol–water partition coefficient (Wildman–Crippen LogP) is -0.371. The number of hydrogen-bond donors (Lipinski definition) is 2. The monoisotopic (exact) mass is 228 g/mol. The maximum Gasteiger partial charge on any atom is 0.315 e. The van der Waals surface area contributed by atoms with E-state index < -0.39 is 11.4 Å². The van der Waals surface area contributed by atoms with Crippen molar-refractivity contribution in [2.24, 2.45) is 11.3 Å². The molecule has 0 amide bonds. The first-order valence-electron chi connectivity index (χ1n) is 5.83. The van der Waals surface area contributed by atoms with Crippen LogP contribution >= 0.6 is 0 Å². The zero-order valence-electron chi connectivity index (χ0n) is 9.74. The van der Waals surface area contributed by atoms with Crippen LogP contribution in [0.3, 0.4) is 0 Å². The van der Waals surface area contributed by atoms with E-state index in [9.17, 15) is 4.79 Å². The van der Waals surface area contributed by atoms with Gasteiger partial charge in [-0.05, 0) is 32.5 Å². The average Bonchev–Trinajstić information content (AvgIpc) is 2.55. The van der Waals surface area contributed by atoms with Crippen molar-refractivity contribution in [3.05, 3.63) is 0 Å². The van der Waals surface area contributed by atoms with E-state index in [0.29, 0.717) is 25.7 Å². The van der Waals surface area contributed by atoms with Crippen molar-refractivity contribution in [2.75, 3.05) is 46.4 Å². The molecule has 1 atom stereocenters. The Balaban J connectivity index is 1.69. The van der Waals surface area contributed by atoms with Crippen LogP contribution in [-0.4, -0.2) is 62.4 Å².